The zero-order chi connectivity index (χ0) is 16.6. The minimum atomic E-state index is -0.746. The van der Waals surface area contributed by atoms with E-state index in [4.69, 9.17) is 5.11 Å². The number of carbonyl (C=O) groups is 2. The molecule has 2 N–H and O–H groups in total. The molecule has 0 amide bonds. The fraction of sp³-hybridized carbons (Fsp3) is 0.778. The van der Waals surface area contributed by atoms with Gasteiger partial charge in [-0.25, -0.2) is 0 Å². The third kappa shape index (κ3) is 16.9. The summed E-state index contributed by atoms with van der Waals surface area (Å²) < 4.78 is 0. The van der Waals surface area contributed by atoms with Crippen LogP contribution in [0.3, 0.4) is 0 Å². The molecule has 0 aliphatic carbocycles. The van der Waals surface area contributed by atoms with Crippen LogP contribution in [-0.2, 0) is 9.59 Å². The first-order valence-corrected chi connectivity index (χ1v) is 8.56. The molecule has 0 heterocycles. The summed E-state index contributed by atoms with van der Waals surface area (Å²) in [4.78, 5) is 21.1. The van der Waals surface area contributed by atoms with Crippen LogP contribution in [-0.4, -0.2) is 28.1 Å². The Hall–Kier alpha value is -1.16. The minimum absolute atomic E-state index is 0.225. The SMILES string of the molecule is CC(=O)CCCCCC/C=C\CC(O)CCCCCC(=O)O. The quantitative estimate of drug-likeness (QED) is 0.350. The Kier molecular flexibility index (Phi) is 14.0. The van der Waals surface area contributed by atoms with Crippen LogP contribution in [0.2, 0.25) is 0 Å². The Morgan fingerprint density at radius 3 is 2.23 bits per heavy atom. The first-order valence-electron chi connectivity index (χ1n) is 8.56. The fourth-order valence-electron chi connectivity index (χ4n) is 2.31. The average molecular weight is 312 g/mol. The van der Waals surface area contributed by atoms with Crippen molar-refractivity contribution in [1.29, 1.82) is 0 Å². The van der Waals surface area contributed by atoms with Gasteiger partial charge in [0.25, 0.3) is 0 Å². The van der Waals surface area contributed by atoms with E-state index in [0.717, 1.165) is 51.4 Å². The van der Waals surface area contributed by atoms with Crippen LogP contribution in [0.1, 0.15) is 84.0 Å². The van der Waals surface area contributed by atoms with E-state index >= 15 is 0 Å². The number of hydrogen-bond donors (Lipinski definition) is 2. The number of carbonyl (C=O) groups excluding carboxylic acids is 1. The summed E-state index contributed by atoms with van der Waals surface area (Å²) in [5, 5.41) is 18.3. The Bertz CT molecular complexity index is 323. The van der Waals surface area contributed by atoms with Gasteiger partial charge in [-0.2, -0.15) is 0 Å². The van der Waals surface area contributed by atoms with Crippen LogP contribution < -0.4 is 0 Å². The molecule has 0 bridgehead atoms. The Morgan fingerprint density at radius 1 is 0.909 bits per heavy atom. The lowest BCUT2D eigenvalue weighted by atomic mass is 10.1. The van der Waals surface area contributed by atoms with Gasteiger partial charge in [-0.1, -0.05) is 37.8 Å². The van der Waals surface area contributed by atoms with Gasteiger partial charge in [0.1, 0.15) is 5.78 Å². The summed E-state index contributed by atoms with van der Waals surface area (Å²) in [6, 6.07) is 0. The van der Waals surface area contributed by atoms with Gasteiger partial charge in [0.15, 0.2) is 0 Å². The van der Waals surface area contributed by atoms with Gasteiger partial charge >= 0.3 is 5.97 Å². The van der Waals surface area contributed by atoms with Crippen LogP contribution in [0.5, 0.6) is 0 Å². The number of carboxylic acid groups (broad SMARTS) is 1. The molecule has 0 radical (unpaired) electrons. The second-order valence-corrected chi connectivity index (χ2v) is 6.01. The molecule has 0 rings (SSSR count). The monoisotopic (exact) mass is 312 g/mol. The van der Waals surface area contributed by atoms with E-state index in [1.807, 2.05) is 6.08 Å². The van der Waals surface area contributed by atoms with E-state index in [-0.39, 0.29) is 18.3 Å². The molecule has 0 aliphatic rings. The molecule has 0 aromatic rings. The smallest absolute Gasteiger partial charge is 0.303 e. The minimum Gasteiger partial charge on any atom is -0.481 e. The number of Topliss-reactive ketones (excluding diaryl/α,β-unsaturated/α-hetero) is 1. The van der Waals surface area contributed by atoms with E-state index in [1.54, 1.807) is 6.92 Å². The molecule has 0 aromatic carbocycles. The standard InChI is InChI=1S/C18H32O4/c1-16(19)12-8-5-3-2-4-6-9-13-17(20)14-10-7-11-15-18(21)22/h6,9,17,20H,2-5,7-8,10-15H2,1H3,(H,21,22)/b9-6-. The van der Waals surface area contributed by atoms with Gasteiger partial charge in [0.2, 0.25) is 0 Å². The van der Waals surface area contributed by atoms with Crippen molar-refractivity contribution in [2.24, 2.45) is 0 Å². The van der Waals surface area contributed by atoms with Gasteiger partial charge in [0.05, 0.1) is 6.10 Å². The van der Waals surface area contributed by atoms with Crippen LogP contribution in [0.15, 0.2) is 12.2 Å². The largest absolute Gasteiger partial charge is 0.481 e. The van der Waals surface area contributed by atoms with Crippen molar-refractivity contribution in [2.75, 3.05) is 0 Å². The molecule has 4 heteroatoms. The van der Waals surface area contributed by atoms with Crippen LogP contribution in [0, 0.1) is 0 Å². The van der Waals surface area contributed by atoms with Crippen molar-refractivity contribution in [2.45, 2.75) is 90.1 Å². The summed E-state index contributed by atoms with van der Waals surface area (Å²) in [7, 11) is 0. The van der Waals surface area contributed by atoms with E-state index < -0.39 is 5.97 Å². The fourth-order valence-corrected chi connectivity index (χ4v) is 2.31. The van der Waals surface area contributed by atoms with Crippen molar-refractivity contribution in [3.63, 3.8) is 0 Å². The molecule has 1 unspecified atom stereocenters. The highest BCUT2D eigenvalue weighted by atomic mass is 16.4. The third-order valence-corrected chi connectivity index (χ3v) is 3.65. The Morgan fingerprint density at radius 2 is 1.55 bits per heavy atom. The van der Waals surface area contributed by atoms with Crippen molar-refractivity contribution < 1.29 is 19.8 Å². The van der Waals surface area contributed by atoms with Gasteiger partial charge in [-0.15, -0.1) is 0 Å². The molecular formula is C18H32O4. The summed E-state index contributed by atoms with van der Waals surface area (Å²) in [5.41, 5.74) is 0. The average Bonchev–Trinajstić information content (AvgIpc) is 2.44. The first-order chi connectivity index (χ1) is 10.5. The predicted molar refractivity (Wildman–Crippen MR) is 88.9 cm³/mol. The molecule has 128 valence electrons. The number of carboxylic acids is 1. The number of allylic oxidation sites excluding steroid dienone is 1. The van der Waals surface area contributed by atoms with Gasteiger partial charge in [-0.3, -0.25) is 4.79 Å². The molecule has 0 spiro atoms. The molecule has 22 heavy (non-hydrogen) atoms. The van der Waals surface area contributed by atoms with Gasteiger partial charge in [0, 0.05) is 12.8 Å². The normalized spacial score (nSPS) is 12.6. The van der Waals surface area contributed by atoms with Crippen LogP contribution in [0.25, 0.3) is 0 Å². The topological polar surface area (TPSA) is 74.6 Å². The number of aliphatic carboxylic acids is 1. The van der Waals surface area contributed by atoms with E-state index in [2.05, 4.69) is 6.08 Å². The highest BCUT2D eigenvalue weighted by Crippen LogP contribution is 2.10. The lowest BCUT2D eigenvalue weighted by Gasteiger charge is -2.07. The Balaban J connectivity index is 3.33. The van der Waals surface area contributed by atoms with Gasteiger partial charge < -0.3 is 15.0 Å². The number of ketones is 1. The summed E-state index contributed by atoms with van der Waals surface area (Å²) >= 11 is 0. The second kappa shape index (κ2) is 14.8. The predicted octanol–water partition coefficient (Wildman–Crippen LogP) is 4.26. The number of rotatable bonds is 15. The zero-order valence-corrected chi connectivity index (χ0v) is 13.9. The molecular weight excluding hydrogens is 280 g/mol. The number of hydrogen-bond acceptors (Lipinski definition) is 3. The van der Waals surface area contributed by atoms with Crippen molar-refractivity contribution in [3.05, 3.63) is 12.2 Å². The molecule has 0 saturated carbocycles. The van der Waals surface area contributed by atoms with Crippen molar-refractivity contribution in [1.82, 2.24) is 0 Å². The van der Waals surface area contributed by atoms with Gasteiger partial charge in [-0.05, 0) is 45.4 Å². The lowest BCUT2D eigenvalue weighted by Crippen LogP contribution is -2.04. The molecule has 0 fully saturated rings. The molecule has 0 aromatic heterocycles. The number of unbranched alkanes of at least 4 members (excludes halogenated alkanes) is 6. The van der Waals surface area contributed by atoms with Crippen LogP contribution >= 0.6 is 0 Å². The van der Waals surface area contributed by atoms with E-state index in [1.165, 1.54) is 0 Å². The Labute approximate surface area is 134 Å². The maximum absolute atomic E-state index is 10.8. The van der Waals surface area contributed by atoms with Crippen molar-refractivity contribution >= 4 is 11.8 Å². The molecule has 0 saturated heterocycles. The highest BCUT2D eigenvalue weighted by molar-refractivity contribution is 5.75. The summed E-state index contributed by atoms with van der Waals surface area (Å²) in [6.07, 6.45) is 14.1. The zero-order valence-electron chi connectivity index (χ0n) is 13.9. The molecule has 4 nitrogen and oxygen atoms in total. The summed E-state index contributed by atoms with van der Waals surface area (Å²) in [5.74, 6) is -0.471. The van der Waals surface area contributed by atoms with Crippen LogP contribution in [0.4, 0.5) is 0 Å². The highest BCUT2D eigenvalue weighted by Gasteiger charge is 2.02. The number of aliphatic hydroxyl groups is 1. The second-order valence-electron chi connectivity index (χ2n) is 6.01. The number of aliphatic hydroxyl groups excluding tert-OH is 1. The summed E-state index contributed by atoms with van der Waals surface area (Å²) in [6.45, 7) is 1.64. The van der Waals surface area contributed by atoms with Crippen molar-refractivity contribution in [3.8, 4) is 0 Å². The van der Waals surface area contributed by atoms with E-state index in [9.17, 15) is 14.7 Å². The first kappa shape index (κ1) is 20.8. The third-order valence-electron chi connectivity index (χ3n) is 3.65. The maximum Gasteiger partial charge on any atom is 0.303 e. The maximum atomic E-state index is 10.8. The van der Waals surface area contributed by atoms with E-state index in [0.29, 0.717) is 19.3 Å². The molecule has 1 atom stereocenters. The lowest BCUT2D eigenvalue weighted by molar-refractivity contribution is -0.137. The molecule has 0 aliphatic heterocycles.